The van der Waals surface area contributed by atoms with E-state index in [2.05, 4.69) is 15.2 Å². The van der Waals surface area contributed by atoms with Crippen LogP contribution in [0.3, 0.4) is 0 Å². The van der Waals surface area contributed by atoms with Crippen LogP contribution in [0.1, 0.15) is 18.2 Å². The summed E-state index contributed by atoms with van der Waals surface area (Å²) in [5.41, 5.74) is 2.55. The van der Waals surface area contributed by atoms with Gasteiger partial charge in [-0.15, -0.1) is 0 Å². The summed E-state index contributed by atoms with van der Waals surface area (Å²) < 4.78 is 47.9. The van der Waals surface area contributed by atoms with Gasteiger partial charge in [0, 0.05) is 55.0 Å². The monoisotopic (exact) mass is 587 g/mol. The first-order valence-corrected chi connectivity index (χ1v) is 14.0. The lowest BCUT2D eigenvalue weighted by atomic mass is 10.1. The first-order valence-electron chi connectivity index (χ1n) is 14.0. The number of nitrogens with one attached hydrogen (secondary N) is 1. The third-order valence-electron chi connectivity index (χ3n) is 7.14. The van der Waals surface area contributed by atoms with Gasteiger partial charge in [-0.2, -0.15) is 5.10 Å². The first-order chi connectivity index (χ1) is 21.0. The summed E-state index contributed by atoms with van der Waals surface area (Å²) in [6, 6.07) is 13.6. The van der Waals surface area contributed by atoms with Gasteiger partial charge in [-0.3, -0.25) is 14.6 Å². The zero-order valence-electron chi connectivity index (χ0n) is 23.9. The second-order valence-corrected chi connectivity index (χ2v) is 9.98. The number of hydrogen-bond acceptors (Lipinski definition) is 9. The molecule has 43 heavy (non-hydrogen) atoms. The number of fused-ring (bicyclic) bond motifs is 1. The molecule has 1 N–H and O–H groups in total. The molecule has 0 unspecified atom stereocenters. The molecule has 0 atom stereocenters. The molecule has 0 aliphatic carbocycles. The Morgan fingerprint density at radius 1 is 1.00 bits per heavy atom. The van der Waals surface area contributed by atoms with Crippen molar-refractivity contribution in [2.45, 2.75) is 20.0 Å². The molecule has 12 heteroatoms. The van der Waals surface area contributed by atoms with Gasteiger partial charge in [-0.1, -0.05) is 18.2 Å². The van der Waals surface area contributed by atoms with Gasteiger partial charge in [0.05, 0.1) is 56.6 Å². The van der Waals surface area contributed by atoms with E-state index in [0.717, 1.165) is 24.2 Å². The molecule has 1 fully saturated rings. The Kier molecular flexibility index (Phi) is 8.38. The number of ether oxygens (including phenoxy) is 3. The van der Waals surface area contributed by atoms with Crippen LogP contribution in [-0.4, -0.2) is 69.7 Å². The van der Waals surface area contributed by atoms with Gasteiger partial charge < -0.3 is 19.5 Å². The Morgan fingerprint density at radius 3 is 2.56 bits per heavy atom. The molecule has 4 heterocycles. The minimum atomic E-state index is -0.703. The summed E-state index contributed by atoms with van der Waals surface area (Å²) in [4.78, 5) is 16.1. The van der Waals surface area contributed by atoms with Gasteiger partial charge >= 0.3 is 0 Å². The number of aromatic nitrogens is 5. The molecule has 0 spiro atoms. The minimum Gasteiger partial charge on any atom is -0.494 e. The van der Waals surface area contributed by atoms with Gasteiger partial charge in [0.2, 0.25) is 0 Å². The summed E-state index contributed by atoms with van der Waals surface area (Å²) in [6.07, 6.45) is 3.28. The quantitative estimate of drug-likeness (QED) is 0.236. The number of morpholine rings is 1. The fourth-order valence-electron chi connectivity index (χ4n) is 5.06. The molecule has 222 valence electrons. The van der Waals surface area contributed by atoms with Crippen molar-refractivity contribution in [1.82, 2.24) is 29.6 Å². The number of nitrogens with zero attached hydrogens (tertiary/aromatic N) is 6. The van der Waals surface area contributed by atoms with Crippen molar-refractivity contribution >= 4 is 22.4 Å². The smallest absolute Gasteiger partial charge is 0.183 e. The average molecular weight is 588 g/mol. The molecular weight excluding hydrogens is 556 g/mol. The van der Waals surface area contributed by atoms with Crippen LogP contribution in [0.4, 0.5) is 20.3 Å². The summed E-state index contributed by atoms with van der Waals surface area (Å²) in [5.74, 6) is 0.219. The summed E-state index contributed by atoms with van der Waals surface area (Å²) >= 11 is 0. The first kappa shape index (κ1) is 28.4. The highest BCUT2D eigenvalue weighted by atomic mass is 19.1. The van der Waals surface area contributed by atoms with Crippen LogP contribution in [0.25, 0.3) is 22.4 Å². The van der Waals surface area contributed by atoms with Crippen LogP contribution in [-0.2, 0) is 17.8 Å². The van der Waals surface area contributed by atoms with Gasteiger partial charge in [0.1, 0.15) is 28.9 Å². The van der Waals surface area contributed by atoms with Gasteiger partial charge in [0.25, 0.3) is 0 Å². The van der Waals surface area contributed by atoms with Crippen molar-refractivity contribution < 1.29 is 23.0 Å². The van der Waals surface area contributed by atoms with Gasteiger partial charge in [0.15, 0.2) is 11.6 Å². The summed E-state index contributed by atoms with van der Waals surface area (Å²) in [5, 5.41) is 8.88. The zero-order valence-corrected chi connectivity index (χ0v) is 23.9. The molecule has 0 saturated carbocycles. The largest absolute Gasteiger partial charge is 0.494 e. The Labute approximate surface area is 247 Å². The van der Waals surface area contributed by atoms with E-state index in [-0.39, 0.29) is 17.9 Å². The Balaban J connectivity index is 1.42. The lowest BCUT2D eigenvalue weighted by Crippen LogP contribution is -2.35. The summed E-state index contributed by atoms with van der Waals surface area (Å²) in [6.45, 7) is 5.41. The molecule has 0 bridgehead atoms. The van der Waals surface area contributed by atoms with Crippen molar-refractivity contribution in [2.24, 2.45) is 0 Å². The maximum Gasteiger partial charge on any atom is 0.183 e. The maximum atomic E-state index is 15.0. The number of anilines is 2. The van der Waals surface area contributed by atoms with Crippen molar-refractivity contribution in [3.8, 4) is 23.0 Å². The number of para-hydroxylation sites is 1. The third-order valence-corrected chi connectivity index (χ3v) is 7.14. The molecule has 3 aromatic heterocycles. The standard InChI is InChI=1S/C31H31F2N7O3/c1-3-43-21-15-24(32)23(25(33)16-21)19-40-27-7-5-4-6-22(27)30(38-40)31-35-20(18-39-10-12-42-13-11-39)14-29(37-31)36-26-8-9-34-17-28(26)41-2/h4-9,14-17H,3,10-13,18-19H2,1-2H3,(H,34,35,36,37). The Bertz CT molecular complexity index is 1720. The van der Waals surface area contributed by atoms with E-state index in [0.29, 0.717) is 60.7 Å². The molecule has 6 rings (SSSR count). The maximum absolute atomic E-state index is 15.0. The van der Waals surface area contributed by atoms with E-state index < -0.39 is 11.6 Å². The van der Waals surface area contributed by atoms with E-state index in [4.69, 9.17) is 29.3 Å². The molecule has 0 radical (unpaired) electrons. The predicted molar refractivity (Wildman–Crippen MR) is 158 cm³/mol. The van der Waals surface area contributed by atoms with Crippen molar-refractivity contribution in [3.05, 3.63) is 83.8 Å². The van der Waals surface area contributed by atoms with Crippen molar-refractivity contribution in [2.75, 3.05) is 45.3 Å². The Hall–Kier alpha value is -4.68. The molecule has 1 aliphatic rings. The topological polar surface area (TPSA) is 99.5 Å². The van der Waals surface area contributed by atoms with E-state index in [1.165, 1.54) is 12.1 Å². The minimum absolute atomic E-state index is 0.114. The number of rotatable bonds is 10. The molecule has 5 aromatic rings. The molecule has 1 aliphatic heterocycles. The Morgan fingerprint density at radius 2 is 1.79 bits per heavy atom. The lowest BCUT2D eigenvalue weighted by Gasteiger charge is -2.26. The van der Waals surface area contributed by atoms with Crippen LogP contribution >= 0.6 is 0 Å². The zero-order chi connectivity index (χ0) is 29.8. The third kappa shape index (κ3) is 6.25. The van der Waals surface area contributed by atoms with Crippen molar-refractivity contribution in [3.63, 3.8) is 0 Å². The second-order valence-electron chi connectivity index (χ2n) is 9.98. The lowest BCUT2D eigenvalue weighted by molar-refractivity contribution is 0.0336. The van der Waals surface area contributed by atoms with E-state index >= 15 is 8.78 Å². The highest BCUT2D eigenvalue weighted by molar-refractivity contribution is 5.92. The highest BCUT2D eigenvalue weighted by Crippen LogP contribution is 2.31. The van der Waals surface area contributed by atoms with E-state index in [9.17, 15) is 0 Å². The summed E-state index contributed by atoms with van der Waals surface area (Å²) in [7, 11) is 1.58. The van der Waals surface area contributed by atoms with Crippen LogP contribution < -0.4 is 14.8 Å². The fourth-order valence-corrected chi connectivity index (χ4v) is 5.06. The second kappa shape index (κ2) is 12.7. The normalized spacial score (nSPS) is 13.8. The molecule has 10 nitrogen and oxygen atoms in total. The van der Waals surface area contributed by atoms with E-state index in [1.807, 2.05) is 30.3 Å². The highest BCUT2D eigenvalue weighted by Gasteiger charge is 2.21. The predicted octanol–water partition coefficient (Wildman–Crippen LogP) is 5.20. The van der Waals surface area contributed by atoms with Crippen LogP contribution in [0.15, 0.2) is 60.9 Å². The number of methoxy groups -OCH3 is 1. The molecular formula is C31H31F2N7O3. The SMILES string of the molecule is CCOc1cc(F)c(Cn2nc(-c3nc(CN4CCOCC4)cc(Nc4ccncc4OC)n3)c3ccccc32)c(F)c1. The number of benzene rings is 2. The van der Waals surface area contributed by atoms with Crippen LogP contribution in [0.5, 0.6) is 11.5 Å². The number of pyridine rings is 1. The van der Waals surface area contributed by atoms with Gasteiger partial charge in [-0.25, -0.2) is 18.7 Å². The molecule has 2 aromatic carbocycles. The fraction of sp³-hybridized carbons (Fsp3) is 0.290. The number of halogens is 2. The van der Waals surface area contributed by atoms with Crippen molar-refractivity contribution in [1.29, 1.82) is 0 Å². The van der Waals surface area contributed by atoms with Gasteiger partial charge in [-0.05, 0) is 19.1 Å². The van der Waals surface area contributed by atoms with Crippen LogP contribution in [0, 0.1) is 11.6 Å². The average Bonchev–Trinajstić information content (AvgIpc) is 3.38. The molecule has 0 amide bonds. The number of hydrogen-bond donors (Lipinski definition) is 1. The van der Waals surface area contributed by atoms with E-state index in [1.54, 1.807) is 37.2 Å². The molecule has 1 saturated heterocycles. The van der Waals surface area contributed by atoms with Crippen LogP contribution in [0.2, 0.25) is 0 Å².